The molecule has 140 valence electrons. The minimum Gasteiger partial charge on any atom is -0.497 e. The van der Waals surface area contributed by atoms with Crippen molar-refractivity contribution in [2.45, 2.75) is 57.7 Å². The van der Waals surface area contributed by atoms with Gasteiger partial charge in [0.2, 0.25) is 0 Å². The molecule has 1 fully saturated rings. The van der Waals surface area contributed by atoms with E-state index in [-0.39, 0.29) is 23.0 Å². The molecule has 2 heterocycles. The Balaban J connectivity index is 1.72. The van der Waals surface area contributed by atoms with Gasteiger partial charge in [0.05, 0.1) is 19.0 Å². The first-order valence-corrected chi connectivity index (χ1v) is 8.84. The molecule has 0 saturated carbocycles. The maximum Gasteiger partial charge on any atom is 0.273 e. The average molecular weight is 357 g/mol. The first-order chi connectivity index (χ1) is 12.2. The van der Waals surface area contributed by atoms with E-state index >= 15 is 0 Å². The van der Waals surface area contributed by atoms with Gasteiger partial charge in [0, 0.05) is 23.2 Å². The van der Waals surface area contributed by atoms with Crippen molar-refractivity contribution < 1.29 is 9.53 Å². The van der Waals surface area contributed by atoms with E-state index < -0.39 is 0 Å². The minimum absolute atomic E-state index is 0.0299. The highest BCUT2D eigenvalue weighted by molar-refractivity contribution is 5.92. The largest absolute Gasteiger partial charge is 0.497 e. The highest BCUT2D eigenvalue weighted by Gasteiger charge is 2.38. The van der Waals surface area contributed by atoms with Crippen LogP contribution in [0.3, 0.4) is 0 Å². The first kappa shape index (κ1) is 18.4. The van der Waals surface area contributed by atoms with Crippen LogP contribution in [0.5, 0.6) is 5.75 Å². The summed E-state index contributed by atoms with van der Waals surface area (Å²) in [6, 6.07) is 7.55. The van der Waals surface area contributed by atoms with E-state index in [9.17, 15) is 4.79 Å². The van der Waals surface area contributed by atoms with Gasteiger partial charge < -0.3 is 15.4 Å². The number of hydrogen-bond donors (Lipinski definition) is 2. The van der Waals surface area contributed by atoms with E-state index in [0.29, 0.717) is 5.69 Å². The summed E-state index contributed by atoms with van der Waals surface area (Å²) in [6.45, 7) is 8.64. The summed E-state index contributed by atoms with van der Waals surface area (Å²) in [7, 11) is 1.61. The molecule has 0 radical (unpaired) electrons. The second-order valence-electron chi connectivity index (χ2n) is 8.22. The van der Waals surface area contributed by atoms with Crippen molar-refractivity contribution in [3.05, 3.63) is 36.2 Å². The molecule has 1 aromatic carbocycles. The highest BCUT2D eigenvalue weighted by atomic mass is 16.5. The van der Waals surface area contributed by atoms with Gasteiger partial charge in [-0.1, -0.05) is 11.3 Å². The molecule has 0 atom stereocenters. The molecule has 0 bridgehead atoms. The number of ether oxygens (including phenoxy) is 1. The monoisotopic (exact) mass is 357 g/mol. The Bertz CT molecular complexity index is 781. The molecule has 26 heavy (non-hydrogen) atoms. The number of carbonyl (C=O) groups excluding carboxylic acids is 1. The molecule has 2 aromatic rings. The van der Waals surface area contributed by atoms with Crippen molar-refractivity contribution in [1.82, 2.24) is 25.6 Å². The van der Waals surface area contributed by atoms with Crippen LogP contribution in [0, 0.1) is 0 Å². The normalized spacial score (nSPS) is 19.1. The molecule has 0 unspecified atom stereocenters. The van der Waals surface area contributed by atoms with Crippen molar-refractivity contribution in [3.63, 3.8) is 0 Å². The van der Waals surface area contributed by atoms with Crippen LogP contribution < -0.4 is 15.4 Å². The van der Waals surface area contributed by atoms with Crippen LogP contribution in [-0.4, -0.2) is 45.1 Å². The second-order valence-corrected chi connectivity index (χ2v) is 8.22. The number of nitrogens with zero attached hydrogens (tertiary/aromatic N) is 3. The van der Waals surface area contributed by atoms with Crippen LogP contribution in [0.1, 0.15) is 51.0 Å². The average Bonchev–Trinajstić information content (AvgIpc) is 3.02. The molecule has 7 heteroatoms. The van der Waals surface area contributed by atoms with Crippen LogP contribution in [0.2, 0.25) is 0 Å². The Morgan fingerprint density at radius 2 is 1.96 bits per heavy atom. The van der Waals surface area contributed by atoms with E-state index in [0.717, 1.165) is 24.3 Å². The Labute approximate surface area is 154 Å². The van der Waals surface area contributed by atoms with Gasteiger partial charge in [0.25, 0.3) is 5.91 Å². The zero-order valence-corrected chi connectivity index (χ0v) is 16.0. The number of aromatic nitrogens is 3. The van der Waals surface area contributed by atoms with Gasteiger partial charge in [0.15, 0.2) is 5.69 Å². The predicted octanol–water partition coefficient (Wildman–Crippen LogP) is 2.31. The Morgan fingerprint density at radius 3 is 2.62 bits per heavy atom. The Morgan fingerprint density at radius 1 is 1.27 bits per heavy atom. The fourth-order valence-electron chi connectivity index (χ4n) is 3.93. The van der Waals surface area contributed by atoms with Gasteiger partial charge in [-0.15, -0.1) is 5.10 Å². The van der Waals surface area contributed by atoms with Crippen molar-refractivity contribution in [1.29, 1.82) is 0 Å². The molecule has 1 aliphatic heterocycles. The lowest BCUT2D eigenvalue weighted by molar-refractivity contribution is 0.0868. The molecule has 3 rings (SSSR count). The van der Waals surface area contributed by atoms with Gasteiger partial charge in [0.1, 0.15) is 5.75 Å². The SMILES string of the molecule is COc1cccc(-n2cc(C(=O)NC3CC(C)(C)NC(C)(C)C3)nn2)c1. The molecule has 1 aliphatic rings. The summed E-state index contributed by atoms with van der Waals surface area (Å²) in [5.74, 6) is 0.529. The molecule has 7 nitrogen and oxygen atoms in total. The third kappa shape index (κ3) is 4.22. The zero-order chi connectivity index (χ0) is 18.9. The van der Waals surface area contributed by atoms with Gasteiger partial charge in [-0.25, -0.2) is 4.68 Å². The predicted molar refractivity (Wildman–Crippen MR) is 99.7 cm³/mol. The third-order valence-corrected chi connectivity index (χ3v) is 4.57. The molecule has 0 spiro atoms. The molecule has 1 amide bonds. The zero-order valence-electron chi connectivity index (χ0n) is 16.0. The number of hydrogen-bond acceptors (Lipinski definition) is 5. The number of nitrogens with one attached hydrogen (secondary N) is 2. The summed E-state index contributed by atoms with van der Waals surface area (Å²) in [5, 5.41) is 14.8. The van der Waals surface area contributed by atoms with Gasteiger partial charge >= 0.3 is 0 Å². The summed E-state index contributed by atoms with van der Waals surface area (Å²) in [5.41, 5.74) is 1.04. The van der Waals surface area contributed by atoms with Crippen LogP contribution in [0.15, 0.2) is 30.5 Å². The van der Waals surface area contributed by atoms with Crippen molar-refractivity contribution in [2.24, 2.45) is 0 Å². The summed E-state index contributed by atoms with van der Waals surface area (Å²) >= 11 is 0. The molecular weight excluding hydrogens is 330 g/mol. The number of amides is 1. The highest BCUT2D eigenvalue weighted by Crippen LogP contribution is 2.28. The maximum atomic E-state index is 12.6. The second kappa shape index (κ2) is 6.72. The van der Waals surface area contributed by atoms with Gasteiger partial charge in [-0.05, 0) is 52.7 Å². The van der Waals surface area contributed by atoms with Crippen molar-refractivity contribution in [2.75, 3.05) is 7.11 Å². The van der Waals surface area contributed by atoms with Crippen LogP contribution in [-0.2, 0) is 0 Å². The number of carbonyl (C=O) groups is 1. The van der Waals surface area contributed by atoms with E-state index in [2.05, 4.69) is 48.6 Å². The lowest BCUT2D eigenvalue weighted by atomic mass is 9.79. The lowest BCUT2D eigenvalue weighted by Crippen LogP contribution is -2.62. The number of rotatable bonds is 4. The summed E-state index contributed by atoms with van der Waals surface area (Å²) in [6.07, 6.45) is 3.37. The van der Waals surface area contributed by atoms with Crippen molar-refractivity contribution in [3.8, 4) is 11.4 Å². The van der Waals surface area contributed by atoms with E-state index in [4.69, 9.17) is 4.74 Å². The van der Waals surface area contributed by atoms with Gasteiger partial charge in [-0.2, -0.15) is 0 Å². The van der Waals surface area contributed by atoms with Crippen LogP contribution >= 0.6 is 0 Å². The van der Waals surface area contributed by atoms with E-state index in [1.54, 1.807) is 18.0 Å². The fraction of sp³-hybridized carbons (Fsp3) is 0.526. The molecule has 2 N–H and O–H groups in total. The maximum absolute atomic E-state index is 12.6. The standard InChI is InChI=1S/C19H27N5O2/c1-18(2)10-13(11-19(3,4)22-18)20-17(25)16-12-24(23-21-16)14-7-6-8-15(9-14)26-5/h6-9,12-13,22H,10-11H2,1-5H3,(H,20,25). The Hall–Kier alpha value is -2.41. The smallest absolute Gasteiger partial charge is 0.273 e. The number of methoxy groups -OCH3 is 1. The van der Waals surface area contributed by atoms with Crippen LogP contribution in [0.4, 0.5) is 0 Å². The first-order valence-electron chi connectivity index (χ1n) is 8.84. The van der Waals surface area contributed by atoms with E-state index in [1.165, 1.54) is 0 Å². The van der Waals surface area contributed by atoms with Gasteiger partial charge in [-0.3, -0.25) is 4.79 Å². The summed E-state index contributed by atoms with van der Waals surface area (Å²) < 4.78 is 6.80. The van der Waals surface area contributed by atoms with E-state index in [1.807, 2.05) is 24.3 Å². The summed E-state index contributed by atoms with van der Waals surface area (Å²) in [4.78, 5) is 12.6. The molecular formula is C19H27N5O2. The number of benzene rings is 1. The van der Waals surface area contributed by atoms with Crippen molar-refractivity contribution >= 4 is 5.91 Å². The molecule has 1 aromatic heterocycles. The molecule has 0 aliphatic carbocycles. The minimum atomic E-state index is -0.197. The molecule has 1 saturated heterocycles. The number of piperidine rings is 1. The fourth-order valence-corrected chi connectivity index (χ4v) is 3.93. The third-order valence-electron chi connectivity index (χ3n) is 4.57. The lowest BCUT2D eigenvalue weighted by Gasteiger charge is -2.46. The Kier molecular flexibility index (Phi) is 4.75. The topological polar surface area (TPSA) is 81.1 Å². The van der Waals surface area contributed by atoms with Crippen LogP contribution in [0.25, 0.3) is 5.69 Å². The quantitative estimate of drug-likeness (QED) is 0.878.